The van der Waals surface area contributed by atoms with Gasteiger partial charge in [-0.25, -0.2) is 9.48 Å². The molecular formula is C25H28BrN3O3. The first kappa shape index (κ1) is 23.7. The van der Waals surface area contributed by atoms with Crippen molar-refractivity contribution >= 4 is 27.8 Å². The molecule has 0 atom stereocenters. The van der Waals surface area contributed by atoms with Crippen molar-refractivity contribution in [3.8, 4) is 16.9 Å². The first-order chi connectivity index (χ1) is 15.5. The number of hydrogen-bond acceptors (Lipinski definition) is 4. The van der Waals surface area contributed by atoms with Crippen molar-refractivity contribution in [2.24, 2.45) is 0 Å². The molecule has 0 N–H and O–H groups in total. The van der Waals surface area contributed by atoms with E-state index in [-0.39, 0.29) is 18.2 Å². The number of ether oxygens (including phenoxy) is 1. The Kier molecular flexibility index (Phi) is 8.22. The van der Waals surface area contributed by atoms with Gasteiger partial charge in [0.05, 0.1) is 18.0 Å². The van der Waals surface area contributed by atoms with Gasteiger partial charge < -0.3 is 9.64 Å². The van der Waals surface area contributed by atoms with Gasteiger partial charge in [0.2, 0.25) is 0 Å². The molecule has 168 valence electrons. The highest BCUT2D eigenvalue weighted by Crippen LogP contribution is 2.26. The van der Waals surface area contributed by atoms with Crippen molar-refractivity contribution in [2.45, 2.75) is 33.6 Å². The summed E-state index contributed by atoms with van der Waals surface area (Å²) in [4.78, 5) is 27.1. The number of hydrogen-bond donors (Lipinski definition) is 0. The summed E-state index contributed by atoms with van der Waals surface area (Å²) in [5.74, 6) is -0.438. The third-order valence-electron chi connectivity index (χ3n) is 4.97. The van der Waals surface area contributed by atoms with E-state index in [1.54, 1.807) is 17.7 Å². The predicted octanol–water partition coefficient (Wildman–Crippen LogP) is 5.74. The summed E-state index contributed by atoms with van der Waals surface area (Å²) in [6.07, 6.45) is 1.84. The molecule has 0 fully saturated rings. The van der Waals surface area contributed by atoms with Crippen LogP contribution in [0.3, 0.4) is 0 Å². The van der Waals surface area contributed by atoms with E-state index in [1.807, 2.05) is 53.4 Å². The number of esters is 1. The van der Waals surface area contributed by atoms with Crippen LogP contribution in [-0.4, -0.2) is 46.3 Å². The van der Waals surface area contributed by atoms with Crippen molar-refractivity contribution < 1.29 is 14.3 Å². The maximum absolute atomic E-state index is 12.9. The number of amides is 1. The summed E-state index contributed by atoms with van der Waals surface area (Å²) in [7, 11) is 0. The number of carbonyl (C=O) groups is 2. The number of nitrogens with zero attached hydrogens (tertiary/aromatic N) is 3. The van der Waals surface area contributed by atoms with E-state index in [2.05, 4.69) is 34.9 Å². The molecule has 2 aromatic carbocycles. The van der Waals surface area contributed by atoms with Crippen LogP contribution in [0.25, 0.3) is 16.9 Å². The van der Waals surface area contributed by atoms with Crippen LogP contribution in [0.2, 0.25) is 0 Å². The molecule has 1 heterocycles. The lowest BCUT2D eigenvalue weighted by atomic mass is 10.1. The third kappa shape index (κ3) is 5.46. The Hall–Kier alpha value is -2.93. The molecule has 0 spiro atoms. The zero-order valence-corrected chi connectivity index (χ0v) is 20.3. The average Bonchev–Trinajstić information content (AvgIpc) is 3.25. The van der Waals surface area contributed by atoms with E-state index in [4.69, 9.17) is 4.74 Å². The summed E-state index contributed by atoms with van der Waals surface area (Å²) < 4.78 is 7.81. The fourth-order valence-electron chi connectivity index (χ4n) is 3.49. The molecule has 6 nitrogen and oxygen atoms in total. The van der Waals surface area contributed by atoms with Crippen molar-refractivity contribution in [1.82, 2.24) is 14.7 Å². The lowest BCUT2D eigenvalue weighted by Crippen LogP contribution is -2.32. The Balaban J connectivity index is 1.98. The fourth-order valence-corrected chi connectivity index (χ4v) is 3.76. The van der Waals surface area contributed by atoms with Gasteiger partial charge in [-0.15, -0.1) is 0 Å². The summed E-state index contributed by atoms with van der Waals surface area (Å²) in [5, 5.41) is 4.50. The van der Waals surface area contributed by atoms with Gasteiger partial charge in [0.15, 0.2) is 5.69 Å². The summed E-state index contributed by atoms with van der Waals surface area (Å²) >= 11 is 3.45. The van der Waals surface area contributed by atoms with Crippen LogP contribution in [0.15, 0.2) is 59.1 Å². The molecule has 0 bridgehead atoms. The maximum Gasteiger partial charge on any atom is 0.358 e. The van der Waals surface area contributed by atoms with E-state index >= 15 is 0 Å². The quantitative estimate of drug-likeness (QED) is 0.353. The lowest BCUT2D eigenvalue weighted by molar-refractivity contribution is 0.0518. The predicted molar refractivity (Wildman–Crippen MR) is 129 cm³/mol. The minimum absolute atomic E-state index is 0.0288. The van der Waals surface area contributed by atoms with Crippen LogP contribution in [0.4, 0.5) is 0 Å². The molecule has 3 aromatic rings. The largest absolute Gasteiger partial charge is 0.461 e. The van der Waals surface area contributed by atoms with E-state index in [0.29, 0.717) is 5.56 Å². The monoisotopic (exact) mass is 497 g/mol. The number of benzene rings is 2. The van der Waals surface area contributed by atoms with Gasteiger partial charge in [0, 0.05) is 28.7 Å². The highest BCUT2D eigenvalue weighted by atomic mass is 79.9. The molecule has 3 rings (SSSR count). The van der Waals surface area contributed by atoms with Gasteiger partial charge >= 0.3 is 5.97 Å². The van der Waals surface area contributed by atoms with E-state index in [9.17, 15) is 9.59 Å². The third-order valence-corrected chi connectivity index (χ3v) is 5.50. The van der Waals surface area contributed by atoms with Gasteiger partial charge in [-0.2, -0.15) is 5.10 Å². The zero-order chi connectivity index (χ0) is 23.1. The Morgan fingerprint density at radius 1 is 0.969 bits per heavy atom. The van der Waals surface area contributed by atoms with Crippen molar-refractivity contribution in [1.29, 1.82) is 0 Å². The highest BCUT2D eigenvalue weighted by Gasteiger charge is 2.19. The van der Waals surface area contributed by atoms with E-state index in [1.165, 1.54) is 0 Å². The lowest BCUT2D eigenvalue weighted by Gasteiger charge is -2.21. The second-order valence-corrected chi connectivity index (χ2v) is 8.31. The van der Waals surface area contributed by atoms with Crippen molar-refractivity contribution in [3.63, 3.8) is 0 Å². The SMILES string of the molecule is CCCN(CCC)C(=O)c1ccc(-n2nc(C(=O)OCC)cc2-c2ccc(Br)cc2)cc1. The first-order valence-corrected chi connectivity index (χ1v) is 11.7. The molecule has 0 unspecified atom stereocenters. The topological polar surface area (TPSA) is 64.4 Å². The van der Waals surface area contributed by atoms with Gasteiger partial charge in [-0.3, -0.25) is 4.79 Å². The maximum atomic E-state index is 12.9. The number of rotatable bonds is 9. The van der Waals surface area contributed by atoms with Crippen LogP contribution >= 0.6 is 15.9 Å². The Labute approximate surface area is 197 Å². The second kappa shape index (κ2) is 11.1. The Bertz CT molecular complexity index is 1050. The second-order valence-electron chi connectivity index (χ2n) is 7.39. The van der Waals surface area contributed by atoms with E-state index in [0.717, 1.165) is 47.3 Å². The average molecular weight is 498 g/mol. The molecule has 1 aromatic heterocycles. The zero-order valence-electron chi connectivity index (χ0n) is 18.7. The molecule has 0 saturated heterocycles. The summed E-state index contributed by atoms with van der Waals surface area (Å²) in [5.41, 5.74) is 3.31. The van der Waals surface area contributed by atoms with Crippen LogP contribution in [0, 0.1) is 0 Å². The summed E-state index contributed by atoms with van der Waals surface area (Å²) in [6, 6.07) is 16.9. The normalized spacial score (nSPS) is 10.8. The minimum Gasteiger partial charge on any atom is -0.461 e. The Morgan fingerprint density at radius 3 is 2.16 bits per heavy atom. The number of carbonyl (C=O) groups excluding carboxylic acids is 2. The number of halogens is 1. The first-order valence-electron chi connectivity index (χ1n) is 10.9. The molecule has 0 aliphatic rings. The molecule has 0 aliphatic heterocycles. The molecule has 0 radical (unpaired) electrons. The van der Waals surface area contributed by atoms with Crippen LogP contribution in [-0.2, 0) is 4.74 Å². The molecule has 1 amide bonds. The van der Waals surface area contributed by atoms with Gasteiger partial charge in [0.1, 0.15) is 0 Å². The van der Waals surface area contributed by atoms with Crippen molar-refractivity contribution in [3.05, 3.63) is 70.3 Å². The highest BCUT2D eigenvalue weighted by molar-refractivity contribution is 9.10. The van der Waals surface area contributed by atoms with E-state index < -0.39 is 5.97 Å². The van der Waals surface area contributed by atoms with Crippen LogP contribution < -0.4 is 0 Å². The van der Waals surface area contributed by atoms with Crippen LogP contribution in [0.5, 0.6) is 0 Å². The number of aromatic nitrogens is 2. The van der Waals surface area contributed by atoms with Gasteiger partial charge in [-0.1, -0.05) is 41.9 Å². The molecular weight excluding hydrogens is 470 g/mol. The molecule has 0 aliphatic carbocycles. The summed E-state index contributed by atoms with van der Waals surface area (Å²) in [6.45, 7) is 7.67. The minimum atomic E-state index is -0.466. The smallest absolute Gasteiger partial charge is 0.358 e. The van der Waals surface area contributed by atoms with Gasteiger partial charge in [0.25, 0.3) is 5.91 Å². The molecule has 7 heteroatoms. The standard InChI is InChI=1S/C25H28BrN3O3/c1-4-15-28(16-5-2)24(30)19-9-13-21(14-10-19)29-23(18-7-11-20(26)12-8-18)17-22(27-29)25(31)32-6-3/h7-14,17H,4-6,15-16H2,1-3H3. The molecule has 0 saturated carbocycles. The fraction of sp³-hybridized carbons (Fsp3) is 0.320. The molecule has 32 heavy (non-hydrogen) atoms. The van der Waals surface area contributed by atoms with Gasteiger partial charge in [-0.05, 0) is 62.2 Å². The Morgan fingerprint density at radius 2 is 1.59 bits per heavy atom. The van der Waals surface area contributed by atoms with Crippen LogP contribution in [0.1, 0.15) is 54.5 Å². The van der Waals surface area contributed by atoms with Crippen molar-refractivity contribution in [2.75, 3.05) is 19.7 Å².